The Kier molecular flexibility index (Phi) is 6.04. The summed E-state index contributed by atoms with van der Waals surface area (Å²) in [5, 5.41) is 3.00. The topological polar surface area (TPSA) is 32.3 Å². The largest absolute Gasteiger partial charge is 0.351 e. The molecule has 0 aliphatic carbocycles. The highest BCUT2D eigenvalue weighted by atomic mass is 32.2. The summed E-state index contributed by atoms with van der Waals surface area (Å²) in [7, 11) is 0. The Labute approximate surface area is 150 Å². The minimum Gasteiger partial charge on any atom is -0.351 e. The molecule has 25 heavy (non-hydrogen) atoms. The number of halogens is 2. The van der Waals surface area contributed by atoms with Crippen molar-refractivity contribution >= 4 is 17.7 Å². The fourth-order valence-corrected chi connectivity index (χ4v) is 3.67. The molecule has 1 fully saturated rings. The van der Waals surface area contributed by atoms with Crippen molar-refractivity contribution in [2.24, 2.45) is 0 Å². The Morgan fingerprint density at radius 2 is 2.00 bits per heavy atom. The summed E-state index contributed by atoms with van der Waals surface area (Å²) in [6.45, 7) is 2.64. The van der Waals surface area contributed by atoms with Gasteiger partial charge in [0.25, 0.3) is 0 Å². The van der Waals surface area contributed by atoms with Gasteiger partial charge in [-0.1, -0.05) is 30.3 Å². The zero-order valence-electron chi connectivity index (χ0n) is 13.8. The lowest BCUT2D eigenvalue weighted by Crippen LogP contribution is -2.38. The number of nitrogens with zero attached hydrogens (tertiary/aromatic N) is 1. The van der Waals surface area contributed by atoms with Gasteiger partial charge in [-0.25, -0.2) is 8.78 Å². The Balaban J connectivity index is 1.43. The van der Waals surface area contributed by atoms with Crippen molar-refractivity contribution in [3.8, 4) is 0 Å². The molecule has 2 aromatic rings. The van der Waals surface area contributed by atoms with Gasteiger partial charge in [0.2, 0.25) is 5.91 Å². The van der Waals surface area contributed by atoms with Gasteiger partial charge in [-0.05, 0) is 24.1 Å². The summed E-state index contributed by atoms with van der Waals surface area (Å²) in [5.41, 5.74) is 1.26. The quantitative estimate of drug-likeness (QED) is 0.799. The third kappa shape index (κ3) is 5.28. The second-order valence-electron chi connectivity index (χ2n) is 6.14. The van der Waals surface area contributed by atoms with Crippen LogP contribution in [0.5, 0.6) is 0 Å². The van der Waals surface area contributed by atoms with Crippen molar-refractivity contribution < 1.29 is 13.6 Å². The first-order valence-corrected chi connectivity index (χ1v) is 9.22. The number of amides is 1. The molecule has 3 nitrogen and oxygen atoms in total. The van der Waals surface area contributed by atoms with Gasteiger partial charge in [0, 0.05) is 36.6 Å². The van der Waals surface area contributed by atoms with Gasteiger partial charge in [0.15, 0.2) is 0 Å². The van der Waals surface area contributed by atoms with Crippen LogP contribution in [0, 0.1) is 11.6 Å². The first-order chi connectivity index (χ1) is 12.1. The molecular weight excluding hydrogens is 342 g/mol. The lowest BCUT2D eigenvalue weighted by atomic mass is 10.2. The molecule has 0 bridgehead atoms. The molecule has 2 aromatic carbocycles. The van der Waals surface area contributed by atoms with Crippen LogP contribution in [-0.4, -0.2) is 35.7 Å². The number of rotatable bonds is 6. The van der Waals surface area contributed by atoms with Crippen LogP contribution in [0.2, 0.25) is 0 Å². The molecule has 3 rings (SSSR count). The van der Waals surface area contributed by atoms with Crippen molar-refractivity contribution in [2.45, 2.75) is 23.9 Å². The van der Waals surface area contributed by atoms with E-state index in [1.54, 1.807) is 0 Å². The van der Waals surface area contributed by atoms with Gasteiger partial charge in [-0.2, -0.15) is 0 Å². The van der Waals surface area contributed by atoms with Crippen LogP contribution in [0.3, 0.4) is 0 Å². The summed E-state index contributed by atoms with van der Waals surface area (Å²) in [4.78, 5) is 14.7. The van der Waals surface area contributed by atoms with Crippen LogP contribution in [0.1, 0.15) is 12.0 Å². The number of carbonyl (C=O) groups excluding carboxylic acids is 1. The summed E-state index contributed by atoms with van der Waals surface area (Å²) < 4.78 is 26.4. The van der Waals surface area contributed by atoms with Gasteiger partial charge >= 0.3 is 0 Å². The van der Waals surface area contributed by atoms with Crippen molar-refractivity contribution in [3.05, 3.63) is 65.7 Å². The number of likely N-dealkylation sites (tertiary alicyclic amines) is 1. The van der Waals surface area contributed by atoms with Gasteiger partial charge < -0.3 is 5.32 Å². The number of carbonyl (C=O) groups is 1. The Morgan fingerprint density at radius 1 is 1.20 bits per heavy atom. The highest BCUT2D eigenvalue weighted by Gasteiger charge is 2.23. The maximum atomic E-state index is 13.6. The van der Waals surface area contributed by atoms with E-state index in [0.29, 0.717) is 0 Å². The van der Waals surface area contributed by atoms with E-state index in [1.165, 1.54) is 17.7 Å². The standard InChI is InChI=1S/C19H20F2N2OS/c20-15-6-7-18(17(21)10-15)25-13-19(24)22-16-8-9-23(12-16)11-14-4-2-1-3-5-14/h1-7,10,16H,8-9,11-13H2,(H,22,24)/t16-/m0/s1. The van der Waals surface area contributed by atoms with Gasteiger partial charge in [0.05, 0.1) is 5.75 Å². The number of nitrogens with one attached hydrogen (secondary N) is 1. The van der Waals surface area contributed by atoms with Gasteiger partial charge in [0.1, 0.15) is 11.6 Å². The lowest BCUT2D eigenvalue weighted by molar-refractivity contribution is -0.119. The van der Waals surface area contributed by atoms with Crippen LogP contribution in [-0.2, 0) is 11.3 Å². The molecule has 1 aliphatic heterocycles. The van der Waals surface area contributed by atoms with Crippen LogP contribution >= 0.6 is 11.8 Å². The first-order valence-electron chi connectivity index (χ1n) is 8.23. The van der Waals surface area contributed by atoms with Crippen LogP contribution in [0.4, 0.5) is 8.78 Å². The molecule has 1 saturated heterocycles. The number of benzene rings is 2. The molecule has 1 heterocycles. The Hall–Kier alpha value is -1.92. The second-order valence-corrected chi connectivity index (χ2v) is 7.15. The number of hydrogen-bond donors (Lipinski definition) is 1. The molecule has 0 radical (unpaired) electrons. The van der Waals surface area contributed by atoms with E-state index in [1.807, 2.05) is 18.2 Å². The maximum absolute atomic E-state index is 13.6. The Bertz CT molecular complexity index is 727. The minimum atomic E-state index is -0.632. The normalized spacial score (nSPS) is 17.6. The molecule has 0 spiro atoms. The second kappa shape index (κ2) is 8.45. The van der Waals surface area contributed by atoms with E-state index in [2.05, 4.69) is 22.3 Å². The molecule has 1 N–H and O–H groups in total. The molecule has 0 saturated carbocycles. The van der Waals surface area contributed by atoms with Crippen LogP contribution in [0.15, 0.2) is 53.4 Å². The minimum absolute atomic E-state index is 0.120. The zero-order chi connectivity index (χ0) is 17.6. The average Bonchev–Trinajstić information content (AvgIpc) is 3.02. The van der Waals surface area contributed by atoms with E-state index in [0.717, 1.165) is 43.9 Å². The highest BCUT2D eigenvalue weighted by molar-refractivity contribution is 8.00. The van der Waals surface area contributed by atoms with Gasteiger partial charge in [-0.3, -0.25) is 9.69 Å². The highest BCUT2D eigenvalue weighted by Crippen LogP contribution is 2.22. The molecule has 0 unspecified atom stereocenters. The van der Waals surface area contributed by atoms with E-state index >= 15 is 0 Å². The summed E-state index contributed by atoms with van der Waals surface area (Å²) in [6, 6.07) is 13.8. The van der Waals surface area contributed by atoms with E-state index < -0.39 is 11.6 Å². The predicted octanol–water partition coefficient (Wildman–Crippen LogP) is 3.45. The molecule has 132 valence electrons. The van der Waals surface area contributed by atoms with Crippen molar-refractivity contribution in [2.75, 3.05) is 18.8 Å². The smallest absolute Gasteiger partial charge is 0.230 e. The molecular formula is C19H20F2N2OS. The molecule has 6 heteroatoms. The summed E-state index contributed by atoms with van der Waals surface area (Å²) >= 11 is 1.08. The van der Waals surface area contributed by atoms with Crippen molar-refractivity contribution in [1.29, 1.82) is 0 Å². The summed E-state index contributed by atoms with van der Waals surface area (Å²) in [6.07, 6.45) is 0.911. The van der Waals surface area contributed by atoms with Crippen LogP contribution < -0.4 is 5.32 Å². The predicted molar refractivity (Wildman–Crippen MR) is 95.3 cm³/mol. The number of hydrogen-bond acceptors (Lipinski definition) is 3. The molecule has 1 amide bonds. The molecule has 1 atom stereocenters. The van der Waals surface area contributed by atoms with Gasteiger partial charge in [-0.15, -0.1) is 11.8 Å². The summed E-state index contributed by atoms with van der Waals surface area (Å²) in [5.74, 6) is -1.25. The lowest BCUT2D eigenvalue weighted by Gasteiger charge is -2.16. The average molecular weight is 362 g/mol. The number of thioether (sulfide) groups is 1. The third-order valence-corrected chi connectivity index (χ3v) is 5.19. The SMILES string of the molecule is O=C(CSc1ccc(F)cc1F)N[C@H]1CCN(Cc2ccccc2)C1. The molecule has 0 aromatic heterocycles. The van der Waals surface area contributed by atoms with E-state index in [9.17, 15) is 13.6 Å². The van der Waals surface area contributed by atoms with Crippen LogP contribution in [0.25, 0.3) is 0 Å². The van der Waals surface area contributed by atoms with E-state index in [-0.39, 0.29) is 22.6 Å². The Morgan fingerprint density at radius 3 is 2.76 bits per heavy atom. The third-order valence-electron chi connectivity index (χ3n) is 4.14. The maximum Gasteiger partial charge on any atom is 0.230 e. The van der Waals surface area contributed by atoms with E-state index in [4.69, 9.17) is 0 Å². The monoisotopic (exact) mass is 362 g/mol. The zero-order valence-corrected chi connectivity index (χ0v) is 14.6. The fourth-order valence-electron chi connectivity index (χ4n) is 2.94. The fraction of sp³-hybridized carbons (Fsp3) is 0.316. The van der Waals surface area contributed by atoms with Crippen molar-refractivity contribution in [3.63, 3.8) is 0 Å². The molecule has 1 aliphatic rings. The first kappa shape index (κ1) is 17.9. The van der Waals surface area contributed by atoms with Crippen molar-refractivity contribution in [1.82, 2.24) is 10.2 Å².